The first-order valence-electron chi connectivity index (χ1n) is 10.6. The average molecular weight is 485 g/mol. The van der Waals surface area contributed by atoms with Crippen LogP contribution in [0.5, 0.6) is 0 Å². The average Bonchev–Trinajstić information content (AvgIpc) is 3.17. The Bertz CT molecular complexity index is 1050. The number of piperazine rings is 1. The molecule has 1 aliphatic carbocycles. The number of rotatable bonds is 4. The lowest BCUT2D eigenvalue weighted by Crippen LogP contribution is -2.58. The van der Waals surface area contributed by atoms with E-state index in [2.05, 4.69) is 0 Å². The van der Waals surface area contributed by atoms with Crippen molar-refractivity contribution in [1.82, 2.24) is 4.31 Å². The van der Waals surface area contributed by atoms with Crippen LogP contribution in [-0.2, 0) is 35.2 Å². The molecule has 0 bridgehead atoms. The van der Waals surface area contributed by atoms with Gasteiger partial charge in [0, 0.05) is 24.3 Å². The van der Waals surface area contributed by atoms with Gasteiger partial charge in [-0.2, -0.15) is 13.2 Å². The molecular formula is C23H24F4N2O3S. The molecule has 1 fully saturated rings. The number of benzene rings is 2. The van der Waals surface area contributed by atoms with Crippen LogP contribution in [0.3, 0.4) is 0 Å². The van der Waals surface area contributed by atoms with Crippen LogP contribution in [0.4, 0.5) is 23.2 Å². The monoisotopic (exact) mass is 484 g/mol. The van der Waals surface area contributed by atoms with Crippen molar-refractivity contribution in [3.8, 4) is 0 Å². The Morgan fingerprint density at radius 3 is 2.36 bits per heavy atom. The normalized spacial score (nSPS) is 24.6. The van der Waals surface area contributed by atoms with Crippen LogP contribution in [0.1, 0.15) is 30.5 Å². The van der Waals surface area contributed by atoms with Crippen molar-refractivity contribution < 1.29 is 32.0 Å². The van der Waals surface area contributed by atoms with E-state index in [1.807, 2.05) is 24.2 Å². The fourth-order valence-corrected chi connectivity index (χ4v) is 6.48. The number of carboxylic acids is 1. The van der Waals surface area contributed by atoms with Crippen molar-refractivity contribution >= 4 is 23.0 Å². The summed E-state index contributed by atoms with van der Waals surface area (Å²) in [6.45, 7) is 4.44. The standard InChI is InChI=1S/C23H24F4N2O3S/c1-13-11-28(17-6-7-19(20(24)10-17)23(25,26)27)12-14(2)29(13)33(32)21-5-3-4-15-8-16(22(30)31)9-18(15)21/h3-7,10,13-14,16H,8-9,11-12H2,1-2H3,(H,30,31). The molecule has 10 heteroatoms. The summed E-state index contributed by atoms with van der Waals surface area (Å²) >= 11 is -1.54. The lowest BCUT2D eigenvalue weighted by Gasteiger charge is -2.44. The molecule has 0 radical (unpaired) electrons. The van der Waals surface area contributed by atoms with Gasteiger partial charge in [0.25, 0.3) is 0 Å². The van der Waals surface area contributed by atoms with E-state index in [0.717, 1.165) is 23.3 Å². The summed E-state index contributed by atoms with van der Waals surface area (Å²) in [6.07, 6.45) is -4.01. The second kappa shape index (κ2) is 8.81. The number of alkyl halides is 3. The van der Waals surface area contributed by atoms with Crippen molar-refractivity contribution in [3.63, 3.8) is 0 Å². The molecule has 0 spiro atoms. The maximum absolute atomic E-state index is 14.1. The molecule has 2 aromatic rings. The molecule has 4 atom stereocenters. The van der Waals surface area contributed by atoms with Crippen LogP contribution in [0.25, 0.3) is 0 Å². The fraction of sp³-hybridized carbons (Fsp3) is 0.435. The minimum absolute atomic E-state index is 0.243. The molecule has 33 heavy (non-hydrogen) atoms. The van der Waals surface area contributed by atoms with Gasteiger partial charge < -0.3 is 14.6 Å². The van der Waals surface area contributed by atoms with Crippen LogP contribution in [0.15, 0.2) is 41.3 Å². The number of anilines is 1. The van der Waals surface area contributed by atoms with E-state index in [0.29, 0.717) is 36.5 Å². The Kier molecular flexibility index (Phi) is 6.36. The largest absolute Gasteiger partial charge is 0.593 e. The predicted octanol–water partition coefficient (Wildman–Crippen LogP) is 4.27. The van der Waals surface area contributed by atoms with Crippen LogP contribution in [0.2, 0.25) is 0 Å². The summed E-state index contributed by atoms with van der Waals surface area (Å²) in [5.74, 6) is -2.72. The van der Waals surface area contributed by atoms with Crippen molar-refractivity contribution in [3.05, 3.63) is 58.9 Å². The zero-order chi connectivity index (χ0) is 24.1. The highest BCUT2D eigenvalue weighted by Gasteiger charge is 2.42. The van der Waals surface area contributed by atoms with Gasteiger partial charge in [-0.15, -0.1) is 4.31 Å². The summed E-state index contributed by atoms with van der Waals surface area (Å²) in [5, 5.41) is 9.39. The number of halogens is 4. The highest BCUT2D eigenvalue weighted by molar-refractivity contribution is 7.89. The zero-order valence-electron chi connectivity index (χ0n) is 18.1. The second-order valence-electron chi connectivity index (χ2n) is 8.71. The van der Waals surface area contributed by atoms with Crippen LogP contribution in [0, 0.1) is 11.7 Å². The van der Waals surface area contributed by atoms with E-state index in [1.165, 1.54) is 6.07 Å². The molecular weight excluding hydrogens is 460 g/mol. The van der Waals surface area contributed by atoms with Gasteiger partial charge in [0.2, 0.25) is 0 Å². The van der Waals surface area contributed by atoms with Crippen LogP contribution >= 0.6 is 0 Å². The molecule has 4 unspecified atom stereocenters. The van der Waals surface area contributed by atoms with Gasteiger partial charge in [0.05, 0.1) is 34.9 Å². The second-order valence-corrected chi connectivity index (χ2v) is 10.1. The Hall–Kier alpha value is -2.30. The molecule has 4 rings (SSSR count). The molecule has 0 saturated carbocycles. The molecule has 1 saturated heterocycles. The first-order chi connectivity index (χ1) is 15.5. The Morgan fingerprint density at radius 2 is 1.79 bits per heavy atom. The number of hydrogen-bond donors (Lipinski definition) is 1. The van der Waals surface area contributed by atoms with E-state index < -0.39 is 40.8 Å². The predicted molar refractivity (Wildman–Crippen MR) is 116 cm³/mol. The highest BCUT2D eigenvalue weighted by Crippen LogP contribution is 2.37. The number of nitrogens with zero attached hydrogens (tertiary/aromatic N) is 2. The molecule has 2 aliphatic rings. The third-order valence-corrected chi connectivity index (χ3v) is 8.20. The summed E-state index contributed by atoms with van der Waals surface area (Å²) in [4.78, 5) is 13.8. The van der Waals surface area contributed by atoms with Gasteiger partial charge in [-0.25, -0.2) is 4.39 Å². The number of carboxylic acid groups (broad SMARTS) is 1. The molecule has 178 valence electrons. The van der Waals surface area contributed by atoms with Crippen molar-refractivity contribution in [2.75, 3.05) is 18.0 Å². The fourth-order valence-electron chi connectivity index (χ4n) is 4.85. The summed E-state index contributed by atoms with van der Waals surface area (Å²) in [7, 11) is 0. The van der Waals surface area contributed by atoms with Gasteiger partial charge >= 0.3 is 12.1 Å². The third kappa shape index (κ3) is 4.56. The van der Waals surface area contributed by atoms with Gasteiger partial charge in [0.1, 0.15) is 5.82 Å². The Balaban J connectivity index is 1.54. The van der Waals surface area contributed by atoms with Crippen molar-refractivity contribution in [2.45, 2.75) is 49.8 Å². The topological polar surface area (TPSA) is 66.8 Å². The zero-order valence-corrected chi connectivity index (χ0v) is 18.9. The summed E-state index contributed by atoms with van der Waals surface area (Å²) in [6, 6.07) is 7.82. The SMILES string of the molecule is CC1CN(c2ccc(C(F)(F)F)c(F)c2)CC(C)N1[S+]([O-])c1cccc2c1CC(C(=O)O)C2. The lowest BCUT2D eigenvalue weighted by atomic mass is 10.1. The Morgan fingerprint density at radius 1 is 1.12 bits per heavy atom. The van der Waals surface area contributed by atoms with E-state index in [4.69, 9.17) is 0 Å². The third-order valence-electron chi connectivity index (χ3n) is 6.34. The van der Waals surface area contributed by atoms with Crippen molar-refractivity contribution in [1.29, 1.82) is 0 Å². The van der Waals surface area contributed by atoms with Crippen molar-refractivity contribution in [2.24, 2.45) is 5.92 Å². The van der Waals surface area contributed by atoms with Crippen LogP contribution in [-0.4, -0.2) is 45.1 Å². The van der Waals surface area contributed by atoms with Crippen LogP contribution < -0.4 is 4.90 Å². The van der Waals surface area contributed by atoms with E-state index in [-0.39, 0.29) is 12.1 Å². The molecule has 5 nitrogen and oxygen atoms in total. The lowest BCUT2D eigenvalue weighted by molar-refractivity contribution is -0.141. The van der Waals surface area contributed by atoms with Gasteiger partial charge in [-0.05, 0) is 56.5 Å². The molecule has 1 N–H and O–H groups in total. The summed E-state index contributed by atoms with van der Waals surface area (Å²) < 4.78 is 68.2. The minimum atomic E-state index is -4.76. The first kappa shape index (κ1) is 23.8. The van der Waals surface area contributed by atoms with Gasteiger partial charge in [-0.3, -0.25) is 4.79 Å². The molecule has 2 aromatic carbocycles. The number of hydrogen-bond acceptors (Lipinski definition) is 4. The van der Waals surface area contributed by atoms with Gasteiger partial charge in [-0.1, -0.05) is 12.1 Å². The number of carbonyl (C=O) groups is 1. The quantitative estimate of drug-likeness (QED) is 0.519. The molecule has 0 aromatic heterocycles. The molecule has 1 aliphatic heterocycles. The van der Waals surface area contributed by atoms with E-state index >= 15 is 0 Å². The first-order valence-corrected chi connectivity index (χ1v) is 11.7. The maximum atomic E-state index is 14.1. The van der Waals surface area contributed by atoms with Gasteiger partial charge in [0.15, 0.2) is 4.90 Å². The Labute approximate surface area is 192 Å². The number of aliphatic carboxylic acids is 1. The smallest absolute Gasteiger partial charge is 0.419 e. The molecule has 1 heterocycles. The number of fused-ring (bicyclic) bond motifs is 1. The maximum Gasteiger partial charge on any atom is 0.419 e. The van der Waals surface area contributed by atoms with E-state index in [9.17, 15) is 32.0 Å². The van der Waals surface area contributed by atoms with E-state index in [1.54, 1.807) is 17.0 Å². The minimum Gasteiger partial charge on any atom is -0.593 e. The summed E-state index contributed by atoms with van der Waals surface area (Å²) in [5.41, 5.74) is 0.751. The highest BCUT2D eigenvalue weighted by atomic mass is 32.2. The molecule has 0 amide bonds.